The quantitative estimate of drug-likeness (QED) is 0.593. The van der Waals surface area contributed by atoms with E-state index in [1.807, 2.05) is 6.92 Å². The Bertz CT molecular complexity index is 1080. The molecule has 0 radical (unpaired) electrons. The summed E-state index contributed by atoms with van der Waals surface area (Å²) in [6.07, 6.45) is -3.48. The van der Waals surface area contributed by atoms with E-state index < -0.39 is 17.6 Å². The number of carbonyl (C=O) groups excluding carboxylic acids is 1. The number of carbonyl (C=O) groups is 1. The van der Waals surface area contributed by atoms with Crippen LogP contribution in [0, 0.1) is 5.82 Å². The van der Waals surface area contributed by atoms with Crippen molar-refractivity contribution in [3.05, 3.63) is 71.4 Å². The number of amides is 1. The molecule has 1 amide bonds. The summed E-state index contributed by atoms with van der Waals surface area (Å²) >= 11 is 0. The number of halogens is 4. The van der Waals surface area contributed by atoms with Gasteiger partial charge in [-0.1, -0.05) is 0 Å². The second-order valence-corrected chi connectivity index (χ2v) is 6.88. The van der Waals surface area contributed by atoms with Crippen LogP contribution < -0.4 is 9.64 Å². The van der Waals surface area contributed by atoms with Gasteiger partial charge in [-0.15, -0.1) is 0 Å². The van der Waals surface area contributed by atoms with Gasteiger partial charge >= 0.3 is 6.18 Å². The first-order chi connectivity index (χ1) is 14.2. The van der Waals surface area contributed by atoms with Gasteiger partial charge in [0, 0.05) is 24.5 Å². The number of hydrogen-bond donors (Lipinski definition) is 0. The van der Waals surface area contributed by atoms with Crippen molar-refractivity contribution in [2.45, 2.75) is 25.7 Å². The highest BCUT2D eigenvalue weighted by Gasteiger charge is 2.32. The molecule has 1 aliphatic heterocycles. The lowest BCUT2D eigenvalue weighted by molar-refractivity contribution is -0.137. The number of alkyl halides is 3. The van der Waals surface area contributed by atoms with Gasteiger partial charge < -0.3 is 9.64 Å². The van der Waals surface area contributed by atoms with Gasteiger partial charge in [0.25, 0.3) is 5.91 Å². The number of hydrogen-bond acceptors (Lipinski definition) is 4. The second kappa shape index (κ2) is 7.43. The van der Waals surface area contributed by atoms with E-state index in [4.69, 9.17) is 4.74 Å². The molecule has 0 saturated heterocycles. The number of pyridine rings is 1. The minimum Gasteiger partial charge on any atom is -0.471 e. The summed E-state index contributed by atoms with van der Waals surface area (Å²) in [6, 6.07) is 8.63. The smallest absolute Gasteiger partial charge is 0.416 e. The number of anilines is 1. The molecule has 4 rings (SSSR count). The van der Waals surface area contributed by atoms with E-state index in [9.17, 15) is 22.4 Å². The molecule has 0 aliphatic carbocycles. The molecular weight excluding hydrogens is 404 g/mol. The standard InChI is InChI=1S/C20H16F4N4O2/c1-12-10-27(16-4-2-14(21)3-5-16)19(29)17-9-15(26-28(12)17)11-30-18-8-13(6-7-25-18)20(22,23)24/h2-9,12H,10-11H2,1H3/t12-/m1/s1. The molecule has 0 bridgehead atoms. The Balaban J connectivity index is 1.53. The third kappa shape index (κ3) is 3.85. The van der Waals surface area contributed by atoms with Crippen LogP contribution in [0.2, 0.25) is 0 Å². The summed E-state index contributed by atoms with van der Waals surface area (Å²) < 4.78 is 58.5. The fourth-order valence-corrected chi connectivity index (χ4v) is 3.23. The monoisotopic (exact) mass is 420 g/mol. The van der Waals surface area contributed by atoms with E-state index in [0.717, 1.165) is 18.3 Å². The second-order valence-electron chi connectivity index (χ2n) is 6.88. The first-order valence-corrected chi connectivity index (χ1v) is 9.04. The Labute approximate surface area is 168 Å². The van der Waals surface area contributed by atoms with Crippen LogP contribution in [0.5, 0.6) is 5.88 Å². The lowest BCUT2D eigenvalue weighted by Gasteiger charge is -2.31. The predicted octanol–water partition coefficient (Wildman–Crippen LogP) is 4.24. The van der Waals surface area contributed by atoms with E-state index in [2.05, 4.69) is 10.1 Å². The molecular formula is C20H16F4N4O2. The first kappa shape index (κ1) is 19.9. The van der Waals surface area contributed by atoms with E-state index in [1.54, 1.807) is 4.68 Å². The third-order valence-electron chi connectivity index (χ3n) is 4.68. The lowest BCUT2D eigenvalue weighted by atomic mass is 10.1. The molecule has 156 valence electrons. The van der Waals surface area contributed by atoms with Crippen molar-refractivity contribution in [3.8, 4) is 5.88 Å². The highest BCUT2D eigenvalue weighted by molar-refractivity contribution is 6.05. The molecule has 1 aromatic carbocycles. The molecule has 0 fully saturated rings. The zero-order valence-corrected chi connectivity index (χ0v) is 15.7. The topological polar surface area (TPSA) is 60.3 Å². The molecule has 1 aliphatic rings. The van der Waals surface area contributed by atoms with Gasteiger partial charge in [-0.25, -0.2) is 9.37 Å². The van der Waals surface area contributed by atoms with Crippen LogP contribution in [0.4, 0.5) is 23.2 Å². The van der Waals surface area contributed by atoms with Crippen molar-refractivity contribution in [1.29, 1.82) is 0 Å². The van der Waals surface area contributed by atoms with Crippen molar-refractivity contribution in [3.63, 3.8) is 0 Å². The van der Waals surface area contributed by atoms with Gasteiger partial charge in [0.05, 0.1) is 11.6 Å². The molecule has 0 saturated carbocycles. The largest absolute Gasteiger partial charge is 0.471 e. The van der Waals surface area contributed by atoms with Crippen molar-refractivity contribution in [2.75, 3.05) is 11.4 Å². The van der Waals surface area contributed by atoms with Gasteiger partial charge in [0.15, 0.2) is 0 Å². The van der Waals surface area contributed by atoms with Crippen LogP contribution in [0.1, 0.15) is 34.7 Å². The van der Waals surface area contributed by atoms with Gasteiger partial charge in [-0.2, -0.15) is 18.3 Å². The van der Waals surface area contributed by atoms with Crippen LogP contribution in [0.15, 0.2) is 48.7 Å². The summed E-state index contributed by atoms with van der Waals surface area (Å²) in [5.41, 5.74) is 0.390. The molecule has 30 heavy (non-hydrogen) atoms. The van der Waals surface area contributed by atoms with E-state index >= 15 is 0 Å². The number of aromatic nitrogens is 3. The number of nitrogens with zero attached hydrogens (tertiary/aromatic N) is 4. The summed E-state index contributed by atoms with van der Waals surface area (Å²) in [4.78, 5) is 18.2. The fourth-order valence-electron chi connectivity index (χ4n) is 3.23. The molecule has 1 atom stereocenters. The zero-order chi connectivity index (χ0) is 21.5. The Hall–Kier alpha value is -3.43. The van der Waals surface area contributed by atoms with E-state index in [1.165, 1.54) is 35.2 Å². The number of benzene rings is 1. The highest BCUT2D eigenvalue weighted by Crippen LogP contribution is 2.31. The molecule has 3 heterocycles. The zero-order valence-electron chi connectivity index (χ0n) is 15.7. The number of fused-ring (bicyclic) bond motifs is 1. The maximum absolute atomic E-state index is 13.2. The van der Waals surface area contributed by atoms with Crippen LogP contribution in [0.25, 0.3) is 0 Å². The maximum atomic E-state index is 13.2. The molecule has 0 spiro atoms. The Morgan fingerprint density at radius 1 is 1.17 bits per heavy atom. The normalized spacial score (nSPS) is 16.5. The molecule has 6 nitrogen and oxygen atoms in total. The molecule has 10 heteroatoms. The maximum Gasteiger partial charge on any atom is 0.416 e. The molecule has 0 N–H and O–H groups in total. The Morgan fingerprint density at radius 2 is 1.90 bits per heavy atom. The molecule has 2 aromatic heterocycles. The number of ether oxygens (including phenoxy) is 1. The minimum absolute atomic E-state index is 0.148. The van der Waals surface area contributed by atoms with Crippen molar-refractivity contribution in [2.24, 2.45) is 0 Å². The third-order valence-corrected chi connectivity index (χ3v) is 4.68. The minimum atomic E-state index is -4.50. The highest BCUT2D eigenvalue weighted by atomic mass is 19.4. The van der Waals surface area contributed by atoms with Crippen LogP contribution >= 0.6 is 0 Å². The number of rotatable bonds is 4. The predicted molar refractivity (Wildman–Crippen MR) is 98.6 cm³/mol. The SMILES string of the molecule is C[C@@H]1CN(c2ccc(F)cc2)C(=O)c2cc(COc3cc(C(F)(F)F)ccn3)nn21. The van der Waals surface area contributed by atoms with E-state index in [0.29, 0.717) is 23.6 Å². The molecule has 0 unspecified atom stereocenters. The summed E-state index contributed by atoms with van der Waals surface area (Å²) in [5.74, 6) is -0.900. The molecule has 3 aromatic rings. The van der Waals surface area contributed by atoms with Crippen molar-refractivity contribution < 1.29 is 27.1 Å². The Kier molecular flexibility index (Phi) is 4.92. The fraction of sp³-hybridized carbons (Fsp3) is 0.250. The average molecular weight is 420 g/mol. The van der Waals surface area contributed by atoms with Crippen LogP contribution in [-0.4, -0.2) is 27.2 Å². The lowest BCUT2D eigenvalue weighted by Crippen LogP contribution is -2.42. The first-order valence-electron chi connectivity index (χ1n) is 9.04. The van der Waals surface area contributed by atoms with Crippen molar-refractivity contribution >= 4 is 11.6 Å². The van der Waals surface area contributed by atoms with Gasteiger partial charge in [-0.3, -0.25) is 9.48 Å². The Morgan fingerprint density at radius 3 is 2.60 bits per heavy atom. The van der Waals surface area contributed by atoms with Crippen molar-refractivity contribution in [1.82, 2.24) is 14.8 Å². The summed E-state index contributed by atoms with van der Waals surface area (Å²) in [7, 11) is 0. The van der Waals surface area contributed by atoms with Gasteiger partial charge in [0.1, 0.15) is 23.8 Å². The van der Waals surface area contributed by atoms with E-state index in [-0.39, 0.29) is 24.4 Å². The van der Waals surface area contributed by atoms with Crippen LogP contribution in [-0.2, 0) is 12.8 Å². The van der Waals surface area contributed by atoms with Crippen LogP contribution in [0.3, 0.4) is 0 Å². The summed E-state index contributed by atoms with van der Waals surface area (Å²) in [5, 5.41) is 4.34. The average Bonchev–Trinajstić information content (AvgIpc) is 3.15. The summed E-state index contributed by atoms with van der Waals surface area (Å²) in [6.45, 7) is 2.07. The van der Waals surface area contributed by atoms with Gasteiger partial charge in [-0.05, 0) is 43.3 Å². The van der Waals surface area contributed by atoms with Gasteiger partial charge in [0.2, 0.25) is 5.88 Å².